The van der Waals surface area contributed by atoms with Crippen molar-refractivity contribution in [3.8, 4) is 5.75 Å². The van der Waals surface area contributed by atoms with E-state index in [1.807, 2.05) is 36.0 Å². The maximum atomic E-state index is 10.7. The second-order valence-corrected chi connectivity index (χ2v) is 7.28. The molecule has 0 radical (unpaired) electrons. The fraction of sp³-hybridized carbons (Fsp3) is 0.647. The largest absolute Gasteiger partial charge is 0.496 e. The Balaban J connectivity index is 1.66. The summed E-state index contributed by atoms with van der Waals surface area (Å²) in [5.41, 5.74) is 1.13. The Morgan fingerprint density at radius 3 is 3.10 bits per heavy atom. The van der Waals surface area contributed by atoms with Gasteiger partial charge in [-0.1, -0.05) is 18.2 Å². The highest BCUT2D eigenvalue weighted by Gasteiger charge is 2.42. The minimum Gasteiger partial charge on any atom is -0.496 e. The van der Waals surface area contributed by atoms with E-state index in [2.05, 4.69) is 0 Å². The first-order valence-corrected chi connectivity index (χ1v) is 8.90. The van der Waals surface area contributed by atoms with Gasteiger partial charge in [-0.25, -0.2) is 0 Å². The standard InChI is InChI=1S/C17H24O3S/c1-19-16-5-3-2-4-13(16)10-15(18)14-6-8-20-17(11-14)7-9-21-12-17/h2-5,14-15,18H,6-12H2,1H3. The highest BCUT2D eigenvalue weighted by atomic mass is 32.2. The maximum absolute atomic E-state index is 10.7. The lowest BCUT2D eigenvalue weighted by atomic mass is 9.80. The number of hydrogen-bond donors (Lipinski definition) is 1. The molecule has 0 bridgehead atoms. The predicted molar refractivity (Wildman–Crippen MR) is 86.1 cm³/mol. The molecule has 3 rings (SSSR count). The van der Waals surface area contributed by atoms with Gasteiger partial charge >= 0.3 is 0 Å². The minimum atomic E-state index is -0.312. The Morgan fingerprint density at radius 1 is 1.48 bits per heavy atom. The van der Waals surface area contributed by atoms with Crippen molar-refractivity contribution in [1.82, 2.24) is 0 Å². The summed E-state index contributed by atoms with van der Waals surface area (Å²) >= 11 is 1.98. The molecular weight excluding hydrogens is 284 g/mol. The lowest BCUT2D eigenvalue weighted by molar-refractivity contribution is -0.101. The normalized spacial score (nSPS) is 30.5. The molecule has 21 heavy (non-hydrogen) atoms. The fourth-order valence-corrected chi connectivity index (χ4v) is 4.90. The summed E-state index contributed by atoms with van der Waals surface area (Å²) in [6.45, 7) is 0.786. The molecule has 2 saturated heterocycles. The molecule has 0 amide bonds. The highest BCUT2D eigenvalue weighted by molar-refractivity contribution is 7.99. The zero-order chi connectivity index (χ0) is 14.7. The number of aliphatic hydroxyl groups excluding tert-OH is 1. The topological polar surface area (TPSA) is 38.7 Å². The van der Waals surface area contributed by atoms with Crippen LogP contribution in [-0.2, 0) is 11.2 Å². The number of ether oxygens (including phenoxy) is 2. The van der Waals surface area contributed by atoms with Crippen molar-refractivity contribution in [2.75, 3.05) is 25.2 Å². The second-order valence-electron chi connectivity index (χ2n) is 6.17. The summed E-state index contributed by atoms with van der Waals surface area (Å²) in [6.07, 6.45) is 3.44. The molecule has 3 atom stereocenters. The third-order valence-corrected chi connectivity index (χ3v) is 5.99. The lowest BCUT2D eigenvalue weighted by Gasteiger charge is -2.39. The summed E-state index contributed by atoms with van der Waals surface area (Å²) in [4.78, 5) is 0. The van der Waals surface area contributed by atoms with Gasteiger partial charge in [0.2, 0.25) is 0 Å². The molecule has 2 heterocycles. The quantitative estimate of drug-likeness (QED) is 0.928. The molecule has 0 aliphatic carbocycles. The first-order chi connectivity index (χ1) is 10.2. The van der Waals surface area contributed by atoms with Gasteiger partial charge in [-0.05, 0) is 42.6 Å². The number of hydrogen-bond acceptors (Lipinski definition) is 4. The van der Waals surface area contributed by atoms with Crippen molar-refractivity contribution >= 4 is 11.8 Å². The van der Waals surface area contributed by atoms with Crippen LogP contribution in [0.4, 0.5) is 0 Å². The van der Waals surface area contributed by atoms with E-state index >= 15 is 0 Å². The predicted octanol–water partition coefficient (Wildman–Crippen LogP) is 2.90. The van der Waals surface area contributed by atoms with Crippen LogP contribution >= 0.6 is 11.8 Å². The van der Waals surface area contributed by atoms with Crippen molar-refractivity contribution in [2.24, 2.45) is 5.92 Å². The molecule has 1 N–H and O–H groups in total. The fourth-order valence-electron chi connectivity index (χ4n) is 3.52. The van der Waals surface area contributed by atoms with Crippen LogP contribution in [0.25, 0.3) is 0 Å². The molecule has 1 spiro atoms. The number of thioether (sulfide) groups is 1. The van der Waals surface area contributed by atoms with Crippen molar-refractivity contribution in [1.29, 1.82) is 0 Å². The SMILES string of the molecule is COc1ccccc1CC(O)C1CCOC2(CCSC2)C1. The molecule has 3 nitrogen and oxygen atoms in total. The van der Waals surface area contributed by atoms with E-state index in [-0.39, 0.29) is 11.7 Å². The lowest BCUT2D eigenvalue weighted by Crippen LogP contribution is -2.43. The number of benzene rings is 1. The van der Waals surface area contributed by atoms with Crippen LogP contribution in [0.5, 0.6) is 5.75 Å². The van der Waals surface area contributed by atoms with Crippen LogP contribution in [0.2, 0.25) is 0 Å². The average molecular weight is 308 g/mol. The Labute approximate surface area is 131 Å². The van der Waals surface area contributed by atoms with E-state index in [0.717, 1.165) is 42.9 Å². The van der Waals surface area contributed by atoms with E-state index in [1.54, 1.807) is 7.11 Å². The monoisotopic (exact) mass is 308 g/mol. The van der Waals surface area contributed by atoms with Gasteiger partial charge in [0, 0.05) is 18.8 Å². The number of methoxy groups -OCH3 is 1. The molecule has 2 aliphatic heterocycles. The van der Waals surface area contributed by atoms with Crippen LogP contribution < -0.4 is 4.74 Å². The van der Waals surface area contributed by atoms with Crippen LogP contribution in [-0.4, -0.2) is 42.0 Å². The Morgan fingerprint density at radius 2 is 2.33 bits per heavy atom. The third-order valence-electron chi connectivity index (χ3n) is 4.76. The summed E-state index contributed by atoms with van der Waals surface area (Å²) < 4.78 is 11.4. The van der Waals surface area contributed by atoms with Gasteiger partial charge in [0.05, 0.1) is 18.8 Å². The van der Waals surface area contributed by atoms with Gasteiger partial charge in [0.25, 0.3) is 0 Å². The summed E-state index contributed by atoms with van der Waals surface area (Å²) in [6, 6.07) is 7.97. The van der Waals surface area contributed by atoms with Crippen molar-refractivity contribution in [2.45, 2.75) is 37.4 Å². The highest BCUT2D eigenvalue weighted by Crippen LogP contribution is 2.41. The first-order valence-electron chi connectivity index (χ1n) is 7.74. The van der Waals surface area contributed by atoms with Crippen molar-refractivity contribution in [3.63, 3.8) is 0 Å². The Kier molecular flexibility index (Phi) is 4.77. The Hall–Kier alpha value is -0.710. The van der Waals surface area contributed by atoms with Crippen molar-refractivity contribution < 1.29 is 14.6 Å². The minimum absolute atomic E-state index is 0.0370. The van der Waals surface area contributed by atoms with Gasteiger partial charge in [0.1, 0.15) is 5.75 Å². The molecular formula is C17H24O3S. The van der Waals surface area contributed by atoms with Crippen LogP contribution in [0, 0.1) is 5.92 Å². The zero-order valence-electron chi connectivity index (χ0n) is 12.6. The molecule has 0 aromatic heterocycles. The van der Waals surface area contributed by atoms with E-state index in [4.69, 9.17) is 9.47 Å². The molecule has 2 aliphatic rings. The van der Waals surface area contributed by atoms with E-state index in [0.29, 0.717) is 12.3 Å². The summed E-state index contributed by atoms with van der Waals surface area (Å²) in [5, 5.41) is 10.7. The third kappa shape index (κ3) is 3.38. The summed E-state index contributed by atoms with van der Waals surface area (Å²) in [7, 11) is 1.68. The number of aliphatic hydroxyl groups is 1. The van der Waals surface area contributed by atoms with E-state index < -0.39 is 0 Å². The van der Waals surface area contributed by atoms with Gasteiger partial charge in [-0.2, -0.15) is 11.8 Å². The molecule has 116 valence electrons. The van der Waals surface area contributed by atoms with Crippen LogP contribution in [0.1, 0.15) is 24.8 Å². The van der Waals surface area contributed by atoms with Crippen molar-refractivity contribution in [3.05, 3.63) is 29.8 Å². The average Bonchev–Trinajstić information content (AvgIpc) is 2.95. The van der Waals surface area contributed by atoms with Gasteiger partial charge in [-0.3, -0.25) is 0 Å². The van der Waals surface area contributed by atoms with E-state index in [1.165, 1.54) is 5.75 Å². The van der Waals surface area contributed by atoms with Gasteiger partial charge < -0.3 is 14.6 Å². The molecule has 0 saturated carbocycles. The van der Waals surface area contributed by atoms with Gasteiger partial charge in [0.15, 0.2) is 0 Å². The molecule has 3 unspecified atom stereocenters. The second kappa shape index (κ2) is 6.59. The smallest absolute Gasteiger partial charge is 0.122 e. The maximum Gasteiger partial charge on any atom is 0.122 e. The molecule has 2 fully saturated rings. The van der Waals surface area contributed by atoms with Crippen LogP contribution in [0.15, 0.2) is 24.3 Å². The first kappa shape index (κ1) is 15.2. The number of rotatable bonds is 4. The molecule has 1 aromatic carbocycles. The molecule has 1 aromatic rings. The van der Waals surface area contributed by atoms with E-state index in [9.17, 15) is 5.11 Å². The zero-order valence-corrected chi connectivity index (χ0v) is 13.4. The molecule has 4 heteroatoms. The Bertz CT molecular complexity index is 471. The van der Waals surface area contributed by atoms with Gasteiger partial charge in [-0.15, -0.1) is 0 Å². The summed E-state index contributed by atoms with van der Waals surface area (Å²) in [5.74, 6) is 3.48. The van der Waals surface area contributed by atoms with Crippen LogP contribution in [0.3, 0.4) is 0 Å². The number of para-hydroxylation sites is 1.